The van der Waals surface area contributed by atoms with E-state index in [9.17, 15) is 19.5 Å². The number of carbonyl (C=O) groups is 3. The van der Waals surface area contributed by atoms with Gasteiger partial charge in [0, 0.05) is 53.2 Å². The summed E-state index contributed by atoms with van der Waals surface area (Å²) in [4.78, 5) is 42.7. The maximum atomic E-state index is 13.1. The number of carboxylic acid groups (broad SMARTS) is 1. The Balaban J connectivity index is 1.26. The van der Waals surface area contributed by atoms with Crippen LogP contribution in [0.4, 0.5) is 0 Å². The van der Waals surface area contributed by atoms with Gasteiger partial charge in [0.05, 0.1) is 6.42 Å². The predicted octanol–water partition coefficient (Wildman–Crippen LogP) is 4.96. The number of fused-ring (bicyclic) bond motifs is 1. The Bertz CT molecular complexity index is 1260. The molecular formula is C29H34ClN3O4S. The van der Waals surface area contributed by atoms with Crippen molar-refractivity contribution in [1.82, 2.24) is 15.1 Å². The zero-order valence-electron chi connectivity index (χ0n) is 21.6. The fourth-order valence-electron chi connectivity index (χ4n) is 5.09. The number of aliphatic carboxylic acids is 1. The fourth-order valence-corrected chi connectivity index (χ4v) is 6.43. The van der Waals surface area contributed by atoms with Crippen LogP contribution in [0.1, 0.15) is 43.0 Å². The maximum absolute atomic E-state index is 13.1. The maximum Gasteiger partial charge on any atom is 0.326 e. The number of piperidine rings is 1. The van der Waals surface area contributed by atoms with Gasteiger partial charge in [-0.1, -0.05) is 48.0 Å². The molecule has 202 valence electrons. The van der Waals surface area contributed by atoms with Crippen LogP contribution in [0, 0.1) is 0 Å². The summed E-state index contributed by atoms with van der Waals surface area (Å²) in [6, 6.07) is 16.9. The molecule has 7 nitrogen and oxygen atoms in total. The topological polar surface area (TPSA) is 90.0 Å². The van der Waals surface area contributed by atoms with Crippen molar-refractivity contribution >= 4 is 50.8 Å². The second-order valence-corrected chi connectivity index (χ2v) is 11.3. The number of thiophene rings is 1. The van der Waals surface area contributed by atoms with E-state index in [0.29, 0.717) is 11.6 Å². The molecule has 1 atom stereocenters. The van der Waals surface area contributed by atoms with Crippen LogP contribution in [-0.4, -0.2) is 64.4 Å². The molecule has 3 aromatic rings. The van der Waals surface area contributed by atoms with Crippen LogP contribution in [0.5, 0.6) is 0 Å². The number of hydrogen-bond acceptors (Lipinski definition) is 5. The van der Waals surface area contributed by atoms with Gasteiger partial charge in [0.1, 0.15) is 6.04 Å². The van der Waals surface area contributed by atoms with E-state index in [-0.39, 0.29) is 37.1 Å². The van der Waals surface area contributed by atoms with Gasteiger partial charge in [0.2, 0.25) is 11.8 Å². The Morgan fingerprint density at radius 1 is 1.13 bits per heavy atom. The van der Waals surface area contributed by atoms with E-state index in [1.54, 1.807) is 6.07 Å². The number of nitrogens with one attached hydrogen (secondary N) is 1. The largest absolute Gasteiger partial charge is 0.480 e. The molecule has 0 spiro atoms. The second kappa shape index (κ2) is 13.2. The molecule has 38 heavy (non-hydrogen) atoms. The minimum Gasteiger partial charge on any atom is -0.480 e. The van der Waals surface area contributed by atoms with Gasteiger partial charge >= 0.3 is 5.97 Å². The number of amides is 2. The standard InChI is InChI=1S/C29H34ClN3O4S/c1-2-33(23-12-14-32(15-13-23)19-20-6-4-3-5-7-20)28(35)11-10-25(29(36)37)31-27(34)18-24-16-21-8-9-22(30)17-26(21)38-24/h3-9,16-17,23,25H,2,10-15,18-19H2,1H3,(H,31,34)(H,36,37). The van der Waals surface area contributed by atoms with Gasteiger partial charge in [-0.05, 0) is 55.3 Å². The Morgan fingerprint density at radius 2 is 1.87 bits per heavy atom. The van der Waals surface area contributed by atoms with E-state index < -0.39 is 12.0 Å². The molecule has 4 rings (SSSR count). The Morgan fingerprint density at radius 3 is 2.55 bits per heavy atom. The van der Waals surface area contributed by atoms with Crippen molar-refractivity contribution in [1.29, 1.82) is 0 Å². The molecule has 0 bridgehead atoms. The number of halogens is 1. The van der Waals surface area contributed by atoms with Crippen LogP contribution in [0.25, 0.3) is 10.1 Å². The fraction of sp³-hybridized carbons (Fsp3) is 0.414. The van der Waals surface area contributed by atoms with Crippen molar-refractivity contribution in [2.24, 2.45) is 0 Å². The lowest BCUT2D eigenvalue weighted by Gasteiger charge is -2.38. The normalized spacial score (nSPS) is 15.3. The number of benzene rings is 2. The summed E-state index contributed by atoms with van der Waals surface area (Å²) in [5.74, 6) is -1.57. The molecule has 9 heteroatoms. The minimum atomic E-state index is -1.13. The lowest BCUT2D eigenvalue weighted by atomic mass is 10.0. The predicted molar refractivity (Wildman–Crippen MR) is 151 cm³/mol. The molecule has 1 saturated heterocycles. The van der Waals surface area contributed by atoms with E-state index >= 15 is 0 Å². The zero-order chi connectivity index (χ0) is 27.1. The molecular weight excluding hydrogens is 522 g/mol. The summed E-state index contributed by atoms with van der Waals surface area (Å²) < 4.78 is 0.978. The molecule has 1 aliphatic heterocycles. The van der Waals surface area contributed by atoms with Gasteiger partial charge in [-0.2, -0.15) is 0 Å². The third kappa shape index (κ3) is 7.56. The first-order chi connectivity index (χ1) is 18.3. The Hall–Kier alpha value is -2.94. The first-order valence-electron chi connectivity index (χ1n) is 13.1. The molecule has 2 amide bonds. The van der Waals surface area contributed by atoms with E-state index in [1.165, 1.54) is 16.9 Å². The van der Waals surface area contributed by atoms with Gasteiger partial charge in [-0.3, -0.25) is 14.5 Å². The van der Waals surface area contributed by atoms with E-state index in [4.69, 9.17) is 11.6 Å². The molecule has 0 radical (unpaired) electrons. The van der Waals surface area contributed by atoms with Crippen molar-refractivity contribution in [2.45, 2.75) is 57.7 Å². The summed E-state index contributed by atoms with van der Waals surface area (Å²) in [5.41, 5.74) is 1.29. The number of carboxylic acids is 1. The lowest BCUT2D eigenvalue weighted by Crippen LogP contribution is -2.48. The van der Waals surface area contributed by atoms with Crippen molar-refractivity contribution in [2.75, 3.05) is 19.6 Å². The Labute approximate surface area is 232 Å². The van der Waals surface area contributed by atoms with E-state index in [0.717, 1.165) is 47.4 Å². The molecule has 1 aliphatic rings. The first kappa shape index (κ1) is 28.1. The van der Waals surface area contributed by atoms with E-state index in [1.807, 2.05) is 48.2 Å². The van der Waals surface area contributed by atoms with Gasteiger partial charge in [-0.15, -0.1) is 11.3 Å². The van der Waals surface area contributed by atoms with Crippen LogP contribution in [0.15, 0.2) is 54.6 Å². The quantitative estimate of drug-likeness (QED) is 0.349. The highest BCUT2D eigenvalue weighted by molar-refractivity contribution is 7.19. The van der Waals surface area contributed by atoms with E-state index in [2.05, 4.69) is 22.3 Å². The lowest BCUT2D eigenvalue weighted by molar-refractivity contribution is -0.142. The molecule has 1 fully saturated rings. The molecule has 2 heterocycles. The zero-order valence-corrected chi connectivity index (χ0v) is 23.1. The third-order valence-corrected chi connectivity index (χ3v) is 8.39. The van der Waals surface area contributed by atoms with Gasteiger partial charge < -0.3 is 15.3 Å². The molecule has 0 aliphatic carbocycles. The first-order valence-corrected chi connectivity index (χ1v) is 14.3. The highest BCUT2D eigenvalue weighted by atomic mass is 35.5. The summed E-state index contributed by atoms with van der Waals surface area (Å²) in [7, 11) is 0. The highest BCUT2D eigenvalue weighted by Crippen LogP contribution is 2.28. The Kier molecular flexibility index (Phi) is 9.77. The van der Waals surface area contributed by atoms with Crippen molar-refractivity contribution in [3.63, 3.8) is 0 Å². The van der Waals surface area contributed by atoms with Crippen LogP contribution < -0.4 is 5.32 Å². The van der Waals surface area contributed by atoms with Crippen molar-refractivity contribution < 1.29 is 19.5 Å². The third-order valence-electron chi connectivity index (χ3n) is 7.06. The molecule has 1 unspecified atom stereocenters. The highest BCUT2D eigenvalue weighted by Gasteiger charge is 2.28. The summed E-state index contributed by atoms with van der Waals surface area (Å²) in [6.45, 7) is 5.29. The summed E-state index contributed by atoms with van der Waals surface area (Å²) in [5, 5.41) is 13.9. The van der Waals surface area contributed by atoms with Gasteiger partial charge in [0.25, 0.3) is 0 Å². The minimum absolute atomic E-state index is 0.0594. The molecule has 2 N–H and O–H groups in total. The average molecular weight is 556 g/mol. The summed E-state index contributed by atoms with van der Waals surface area (Å²) in [6.07, 6.45) is 2.01. The molecule has 0 saturated carbocycles. The monoisotopic (exact) mass is 555 g/mol. The van der Waals surface area contributed by atoms with Crippen LogP contribution >= 0.6 is 22.9 Å². The van der Waals surface area contributed by atoms with Crippen molar-refractivity contribution in [3.05, 3.63) is 70.1 Å². The van der Waals surface area contributed by atoms with Crippen LogP contribution in [-0.2, 0) is 27.3 Å². The summed E-state index contributed by atoms with van der Waals surface area (Å²) >= 11 is 7.50. The SMILES string of the molecule is CCN(C(=O)CCC(NC(=O)Cc1cc2ccc(Cl)cc2s1)C(=O)O)C1CCN(Cc2ccccc2)CC1. The number of likely N-dealkylation sites (tertiary alicyclic amines) is 1. The molecule has 1 aromatic heterocycles. The van der Waals surface area contributed by atoms with Crippen molar-refractivity contribution in [3.8, 4) is 0 Å². The number of hydrogen-bond donors (Lipinski definition) is 2. The average Bonchev–Trinajstić information content (AvgIpc) is 3.29. The number of nitrogens with zero attached hydrogens (tertiary/aromatic N) is 2. The van der Waals surface area contributed by atoms with Crippen LogP contribution in [0.3, 0.4) is 0 Å². The van der Waals surface area contributed by atoms with Gasteiger partial charge in [0.15, 0.2) is 0 Å². The smallest absolute Gasteiger partial charge is 0.326 e. The number of rotatable bonds is 11. The van der Waals surface area contributed by atoms with Gasteiger partial charge in [-0.25, -0.2) is 4.79 Å². The second-order valence-electron chi connectivity index (χ2n) is 9.74. The van der Waals surface area contributed by atoms with Crippen LogP contribution in [0.2, 0.25) is 5.02 Å². The molecule has 2 aromatic carbocycles. The number of carbonyl (C=O) groups excluding carboxylic acids is 2.